The van der Waals surface area contributed by atoms with E-state index in [0.29, 0.717) is 18.6 Å². The van der Waals surface area contributed by atoms with Crippen molar-refractivity contribution < 1.29 is 28.9 Å². The molecule has 0 aromatic heterocycles. The molecule has 0 aromatic carbocycles. The number of allylic oxidation sites excluding steroid dienone is 2. The molecule has 5 atom stereocenters. The molecule has 1 saturated carbocycles. The molecule has 6 heteroatoms. The highest BCUT2D eigenvalue weighted by molar-refractivity contribution is 5.89. The Balaban J connectivity index is 1.73. The molecular weight excluding hydrogens is 396 g/mol. The third-order valence-electron chi connectivity index (χ3n) is 6.67. The van der Waals surface area contributed by atoms with Gasteiger partial charge in [0.15, 0.2) is 0 Å². The molecule has 0 bridgehead atoms. The number of rotatable bonds is 6. The molecule has 2 fully saturated rings. The molecule has 6 nitrogen and oxygen atoms in total. The van der Waals surface area contributed by atoms with E-state index in [4.69, 9.17) is 14.2 Å². The summed E-state index contributed by atoms with van der Waals surface area (Å²) in [7, 11) is 0. The molecule has 0 radical (unpaired) electrons. The maximum Gasteiger partial charge on any atom is 0.336 e. The molecule has 1 heterocycles. The summed E-state index contributed by atoms with van der Waals surface area (Å²) in [6.07, 6.45) is 6.18. The van der Waals surface area contributed by atoms with Crippen molar-refractivity contribution in [3.63, 3.8) is 0 Å². The monoisotopic (exact) mass is 428 g/mol. The van der Waals surface area contributed by atoms with E-state index < -0.39 is 24.6 Å². The van der Waals surface area contributed by atoms with Crippen molar-refractivity contribution in [2.24, 2.45) is 17.8 Å². The van der Waals surface area contributed by atoms with Crippen LogP contribution >= 0.6 is 0 Å². The Hall–Kier alpha value is -2.44. The second kappa shape index (κ2) is 9.79. The summed E-state index contributed by atoms with van der Waals surface area (Å²) in [5, 5.41) is 9.67. The molecule has 168 valence electrons. The Morgan fingerprint density at radius 1 is 1.26 bits per heavy atom. The van der Waals surface area contributed by atoms with Crippen molar-refractivity contribution in [2.45, 2.75) is 45.8 Å². The number of carbonyl (C=O) groups excluding carboxylic acids is 2. The first-order valence-electron chi connectivity index (χ1n) is 10.7. The zero-order chi connectivity index (χ0) is 22.7. The number of aliphatic hydroxyl groups is 1. The van der Waals surface area contributed by atoms with Crippen molar-refractivity contribution in [2.75, 3.05) is 19.8 Å². The molecule has 1 aliphatic heterocycles. The lowest BCUT2D eigenvalue weighted by molar-refractivity contribution is -0.148. The van der Waals surface area contributed by atoms with E-state index in [1.54, 1.807) is 19.9 Å². The number of esters is 2. The summed E-state index contributed by atoms with van der Waals surface area (Å²) >= 11 is 0. The van der Waals surface area contributed by atoms with Gasteiger partial charge in [-0.05, 0) is 44.8 Å². The standard InChI is InChI=1S/C25H32O6/c1-6-14(2)24(27)29-10-9-18(12-26)25(28)31-20-11-16(4)19-8-7-15(3)21(19)23-22(20)17(5)13-30-23/h6-7,9,19-23,26H,4-5,8,10-13H2,1-3H3/b14-6+,18-9+/t19-,20+,21-,22+,23+/m1/s1. The average Bonchev–Trinajstić information content (AvgIpc) is 3.28. The number of hydrogen-bond donors (Lipinski definition) is 1. The van der Waals surface area contributed by atoms with Gasteiger partial charge in [-0.2, -0.15) is 0 Å². The van der Waals surface area contributed by atoms with Gasteiger partial charge < -0.3 is 19.3 Å². The van der Waals surface area contributed by atoms with Crippen LogP contribution in [0.2, 0.25) is 0 Å². The molecule has 3 aliphatic rings. The topological polar surface area (TPSA) is 82.1 Å². The van der Waals surface area contributed by atoms with Crippen LogP contribution in [0.4, 0.5) is 0 Å². The lowest BCUT2D eigenvalue weighted by Crippen LogP contribution is -2.36. The second-order valence-electron chi connectivity index (χ2n) is 8.54. The van der Waals surface area contributed by atoms with Crippen molar-refractivity contribution in [1.29, 1.82) is 0 Å². The first-order valence-corrected chi connectivity index (χ1v) is 10.7. The predicted octanol–water partition coefficient (Wildman–Crippen LogP) is 3.44. The number of fused-ring (bicyclic) bond motifs is 3. The van der Waals surface area contributed by atoms with E-state index >= 15 is 0 Å². The molecule has 0 amide bonds. The first kappa shape index (κ1) is 23.2. The number of carbonyl (C=O) groups is 2. The van der Waals surface area contributed by atoms with Crippen molar-refractivity contribution in [1.82, 2.24) is 0 Å². The third kappa shape index (κ3) is 4.75. The second-order valence-corrected chi connectivity index (χ2v) is 8.54. The molecule has 0 spiro atoms. The lowest BCUT2D eigenvalue weighted by atomic mass is 9.80. The van der Waals surface area contributed by atoms with Crippen LogP contribution in [0.15, 0.2) is 59.3 Å². The molecule has 3 rings (SSSR count). The fourth-order valence-electron chi connectivity index (χ4n) is 4.79. The Morgan fingerprint density at radius 2 is 2.00 bits per heavy atom. The quantitative estimate of drug-likeness (QED) is 0.397. The summed E-state index contributed by atoms with van der Waals surface area (Å²) in [5.41, 5.74) is 3.78. The average molecular weight is 429 g/mol. The first-order chi connectivity index (χ1) is 14.8. The van der Waals surface area contributed by atoms with Crippen LogP contribution in [0.3, 0.4) is 0 Å². The summed E-state index contributed by atoms with van der Waals surface area (Å²) in [4.78, 5) is 24.6. The zero-order valence-corrected chi connectivity index (χ0v) is 18.6. The summed E-state index contributed by atoms with van der Waals surface area (Å²) in [6.45, 7) is 13.8. The van der Waals surface area contributed by atoms with Crippen LogP contribution in [0.25, 0.3) is 0 Å². The summed E-state index contributed by atoms with van der Waals surface area (Å²) < 4.78 is 17.1. The van der Waals surface area contributed by atoms with Gasteiger partial charge in [0, 0.05) is 23.8 Å². The zero-order valence-electron chi connectivity index (χ0n) is 18.6. The number of hydrogen-bond acceptors (Lipinski definition) is 6. The minimum atomic E-state index is -0.628. The molecule has 0 unspecified atom stereocenters. The van der Waals surface area contributed by atoms with Gasteiger partial charge in [0.05, 0.1) is 24.9 Å². The van der Waals surface area contributed by atoms with Crippen molar-refractivity contribution in [3.8, 4) is 0 Å². The van der Waals surface area contributed by atoms with Gasteiger partial charge in [-0.1, -0.05) is 36.5 Å². The molecular formula is C25H32O6. The van der Waals surface area contributed by atoms with Gasteiger partial charge in [0.2, 0.25) is 0 Å². The summed E-state index contributed by atoms with van der Waals surface area (Å²) in [6, 6.07) is 0. The van der Waals surface area contributed by atoms with Gasteiger partial charge in [-0.25, -0.2) is 9.59 Å². The van der Waals surface area contributed by atoms with Crippen LogP contribution in [-0.2, 0) is 23.8 Å². The third-order valence-corrected chi connectivity index (χ3v) is 6.67. The lowest BCUT2D eigenvalue weighted by Gasteiger charge is -2.29. The van der Waals surface area contributed by atoms with Crippen LogP contribution < -0.4 is 0 Å². The normalized spacial score (nSPS) is 31.0. The molecule has 1 N–H and O–H groups in total. The Morgan fingerprint density at radius 3 is 2.68 bits per heavy atom. The van der Waals surface area contributed by atoms with Crippen LogP contribution in [-0.4, -0.2) is 49.1 Å². The fourth-order valence-corrected chi connectivity index (χ4v) is 4.79. The van der Waals surface area contributed by atoms with Gasteiger partial charge in [0.1, 0.15) is 12.7 Å². The molecule has 2 aliphatic carbocycles. The van der Waals surface area contributed by atoms with E-state index in [1.165, 1.54) is 11.6 Å². The SMILES string of the molecule is C=C1CO[C@@H]2[C@@H]1[C@@H](OC(=O)/C(=C/COC(=O)/C(C)=C/C)CO)CC(=C)[C@H]1CC=C(C)[C@@H]21. The van der Waals surface area contributed by atoms with Crippen LogP contribution in [0.1, 0.15) is 33.6 Å². The maximum atomic E-state index is 12.8. The minimum absolute atomic E-state index is 0.0538. The molecule has 0 aromatic rings. The van der Waals surface area contributed by atoms with Crippen LogP contribution in [0, 0.1) is 17.8 Å². The van der Waals surface area contributed by atoms with Crippen LogP contribution in [0.5, 0.6) is 0 Å². The number of ether oxygens (including phenoxy) is 3. The van der Waals surface area contributed by atoms with Gasteiger partial charge in [0.25, 0.3) is 0 Å². The smallest absolute Gasteiger partial charge is 0.336 e. The highest BCUT2D eigenvalue weighted by atomic mass is 16.6. The summed E-state index contributed by atoms with van der Waals surface area (Å²) in [5.74, 6) is -0.711. The van der Waals surface area contributed by atoms with Crippen molar-refractivity contribution >= 4 is 11.9 Å². The van der Waals surface area contributed by atoms with E-state index in [9.17, 15) is 14.7 Å². The van der Waals surface area contributed by atoms with Gasteiger partial charge in [-0.15, -0.1) is 0 Å². The molecule has 31 heavy (non-hydrogen) atoms. The van der Waals surface area contributed by atoms with E-state index in [-0.39, 0.29) is 36.0 Å². The Labute approximate surface area is 183 Å². The highest BCUT2D eigenvalue weighted by Crippen LogP contribution is 2.50. The van der Waals surface area contributed by atoms with Crippen molar-refractivity contribution in [3.05, 3.63) is 59.3 Å². The fraction of sp³-hybridized carbons (Fsp3) is 0.520. The highest BCUT2D eigenvalue weighted by Gasteiger charge is 2.50. The van der Waals surface area contributed by atoms with E-state index in [0.717, 1.165) is 17.6 Å². The van der Waals surface area contributed by atoms with E-state index in [2.05, 4.69) is 26.2 Å². The predicted molar refractivity (Wildman–Crippen MR) is 117 cm³/mol. The minimum Gasteiger partial charge on any atom is -0.458 e. The largest absolute Gasteiger partial charge is 0.458 e. The Kier molecular flexibility index (Phi) is 7.34. The molecule has 1 saturated heterocycles. The maximum absolute atomic E-state index is 12.8. The van der Waals surface area contributed by atoms with Gasteiger partial charge >= 0.3 is 11.9 Å². The van der Waals surface area contributed by atoms with E-state index in [1.807, 2.05) is 0 Å². The number of aliphatic hydroxyl groups excluding tert-OH is 1. The Bertz CT molecular complexity index is 861. The van der Waals surface area contributed by atoms with Gasteiger partial charge in [-0.3, -0.25) is 0 Å².